The van der Waals surface area contributed by atoms with Crippen molar-refractivity contribution >= 4 is 11.6 Å². The van der Waals surface area contributed by atoms with E-state index in [0.717, 1.165) is 23.4 Å². The number of likely N-dealkylation sites (N-methyl/N-ethyl adjacent to an activating group) is 1. The molecule has 0 radical (unpaired) electrons. The van der Waals surface area contributed by atoms with Crippen molar-refractivity contribution in [2.75, 3.05) is 32.1 Å². The normalized spacial score (nSPS) is 10.8. The fourth-order valence-electron chi connectivity index (χ4n) is 2.23. The maximum absolute atomic E-state index is 13.1. The lowest BCUT2D eigenvalue weighted by atomic mass is 10.2. The summed E-state index contributed by atoms with van der Waals surface area (Å²) in [5.41, 5.74) is 1.38. The maximum atomic E-state index is 13.1. The Morgan fingerprint density at radius 1 is 1.12 bits per heavy atom. The molecule has 1 amide bonds. The number of amides is 1. The Morgan fingerprint density at radius 2 is 1.92 bits per heavy atom. The van der Waals surface area contributed by atoms with Gasteiger partial charge in [0.2, 0.25) is 5.91 Å². The van der Waals surface area contributed by atoms with Crippen LogP contribution in [-0.2, 0) is 4.79 Å². The average Bonchev–Trinajstić information content (AvgIpc) is 2.56. The van der Waals surface area contributed by atoms with Gasteiger partial charge >= 0.3 is 0 Å². The Hall–Kier alpha value is -2.47. The summed E-state index contributed by atoms with van der Waals surface area (Å²) in [5, 5.41) is 2.55. The van der Waals surface area contributed by atoms with E-state index < -0.39 is 11.6 Å². The van der Waals surface area contributed by atoms with E-state index in [0.29, 0.717) is 19.7 Å². The lowest BCUT2D eigenvalue weighted by molar-refractivity contribution is -0.116. The number of rotatable bonds is 8. The van der Waals surface area contributed by atoms with Crippen LogP contribution in [0, 0.1) is 18.6 Å². The highest BCUT2D eigenvalue weighted by atomic mass is 19.2. The zero-order valence-electron chi connectivity index (χ0n) is 14.4. The minimum absolute atomic E-state index is 0.245. The summed E-state index contributed by atoms with van der Waals surface area (Å²) in [7, 11) is 1.89. The molecular weight excluding hydrogens is 326 g/mol. The van der Waals surface area contributed by atoms with E-state index in [1.54, 1.807) is 0 Å². The predicted octanol–water partition coefficient (Wildman–Crippen LogP) is 3.61. The molecule has 0 saturated heterocycles. The smallest absolute Gasteiger partial charge is 0.225 e. The second kappa shape index (κ2) is 9.13. The van der Waals surface area contributed by atoms with Crippen molar-refractivity contribution < 1.29 is 18.3 Å². The van der Waals surface area contributed by atoms with Gasteiger partial charge in [0.05, 0.1) is 0 Å². The fourth-order valence-corrected chi connectivity index (χ4v) is 2.23. The number of benzene rings is 2. The van der Waals surface area contributed by atoms with Crippen LogP contribution in [0.15, 0.2) is 42.5 Å². The molecule has 0 heterocycles. The number of hydrogen-bond acceptors (Lipinski definition) is 3. The number of anilines is 1. The topological polar surface area (TPSA) is 41.6 Å². The number of carbonyl (C=O) groups excluding carboxylic acids is 1. The Morgan fingerprint density at radius 3 is 2.64 bits per heavy atom. The van der Waals surface area contributed by atoms with Crippen molar-refractivity contribution in [3.63, 3.8) is 0 Å². The fraction of sp³-hybridized carbons (Fsp3) is 0.316. The number of nitrogens with zero attached hydrogens (tertiary/aromatic N) is 1. The summed E-state index contributed by atoms with van der Waals surface area (Å²) in [6.45, 7) is 3.73. The van der Waals surface area contributed by atoms with E-state index in [9.17, 15) is 13.6 Å². The van der Waals surface area contributed by atoms with Crippen LogP contribution < -0.4 is 10.1 Å². The lowest BCUT2D eigenvalue weighted by Crippen LogP contribution is -2.28. The first-order valence-electron chi connectivity index (χ1n) is 8.07. The van der Waals surface area contributed by atoms with Gasteiger partial charge in [0.1, 0.15) is 12.4 Å². The zero-order valence-corrected chi connectivity index (χ0v) is 14.4. The van der Waals surface area contributed by atoms with Gasteiger partial charge in [-0.1, -0.05) is 12.1 Å². The molecule has 6 heteroatoms. The molecule has 2 rings (SSSR count). The monoisotopic (exact) mass is 348 g/mol. The molecule has 0 aliphatic heterocycles. The summed E-state index contributed by atoms with van der Waals surface area (Å²) in [6.07, 6.45) is 0.250. The summed E-state index contributed by atoms with van der Waals surface area (Å²) < 4.78 is 31.6. The highest BCUT2D eigenvalue weighted by Crippen LogP contribution is 2.14. The minimum Gasteiger partial charge on any atom is -0.492 e. The van der Waals surface area contributed by atoms with E-state index in [1.165, 1.54) is 6.07 Å². The van der Waals surface area contributed by atoms with Crippen molar-refractivity contribution in [2.45, 2.75) is 13.3 Å². The van der Waals surface area contributed by atoms with Crippen molar-refractivity contribution in [3.8, 4) is 5.75 Å². The molecule has 0 fully saturated rings. The van der Waals surface area contributed by atoms with Crippen LogP contribution >= 0.6 is 0 Å². The van der Waals surface area contributed by atoms with Crippen LogP contribution in [0.3, 0.4) is 0 Å². The largest absolute Gasteiger partial charge is 0.492 e. The lowest BCUT2D eigenvalue weighted by Gasteiger charge is -2.17. The van der Waals surface area contributed by atoms with Gasteiger partial charge in [-0.2, -0.15) is 0 Å². The average molecular weight is 348 g/mol. The molecule has 0 saturated carbocycles. The van der Waals surface area contributed by atoms with Gasteiger partial charge in [-0.15, -0.1) is 0 Å². The van der Waals surface area contributed by atoms with Gasteiger partial charge in [-0.25, -0.2) is 8.78 Å². The molecule has 0 aliphatic rings. The van der Waals surface area contributed by atoms with Gasteiger partial charge in [0.15, 0.2) is 11.6 Å². The van der Waals surface area contributed by atoms with Gasteiger partial charge in [-0.05, 0) is 43.8 Å². The van der Waals surface area contributed by atoms with Crippen molar-refractivity contribution in [1.29, 1.82) is 0 Å². The number of carbonyl (C=O) groups is 1. The molecule has 2 aromatic carbocycles. The van der Waals surface area contributed by atoms with Crippen molar-refractivity contribution in [2.24, 2.45) is 0 Å². The third-order valence-corrected chi connectivity index (χ3v) is 3.66. The highest BCUT2D eigenvalue weighted by Gasteiger charge is 2.08. The molecule has 25 heavy (non-hydrogen) atoms. The van der Waals surface area contributed by atoms with E-state index in [1.807, 2.05) is 43.1 Å². The Kier molecular flexibility index (Phi) is 6.89. The van der Waals surface area contributed by atoms with E-state index in [-0.39, 0.29) is 18.0 Å². The van der Waals surface area contributed by atoms with Crippen LogP contribution in [0.4, 0.5) is 14.5 Å². The molecule has 4 nitrogen and oxygen atoms in total. The molecule has 1 N–H and O–H groups in total. The second-order valence-electron chi connectivity index (χ2n) is 5.90. The third kappa shape index (κ3) is 6.51. The minimum atomic E-state index is -0.983. The molecule has 0 bridgehead atoms. The van der Waals surface area contributed by atoms with Gasteiger partial charge in [-0.3, -0.25) is 4.79 Å². The number of hydrogen-bond donors (Lipinski definition) is 1. The molecule has 0 aromatic heterocycles. The summed E-state index contributed by atoms with van der Waals surface area (Å²) in [4.78, 5) is 13.8. The number of nitrogens with one attached hydrogen (secondary N) is 1. The first-order valence-corrected chi connectivity index (χ1v) is 8.07. The quantitative estimate of drug-likeness (QED) is 0.792. The standard InChI is InChI=1S/C19H22F2N2O2/c1-14-4-3-5-16(12-14)25-11-10-23(2)9-8-19(24)22-15-6-7-17(20)18(21)13-15/h3-7,12-13H,8-11H2,1-2H3,(H,22,24). The first kappa shape index (κ1) is 18.9. The van der Waals surface area contributed by atoms with Gasteiger partial charge < -0.3 is 15.0 Å². The number of halogens is 2. The molecule has 0 spiro atoms. The van der Waals surface area contributed by atoms with Crippen LogP contribution in [0.25, 0.3) is 0 Å². The van der Waals surface area contributed by atoms with E-state index >= 15 is 0 Å². The van der Waals surface area contributed by atoms with Crippen LogP contribution in [-0.4, -0.2) is 37.6 Å². The van der Waals surface area contributed by atoms with Gasteiger partial charge in [0.25, 0.3) is 0 Å². The molecule has 0 aliphatic carbocycles. The molecule has 0 unspecified atom stereocenters. The Labute approximate surface area is 146 Å². The first-order chi connectivity index (χ1) is 11.9. The molecule has 0 atom stereocenters. The maximum Gasteiger partial charge on any atom is 0.225 e. The SMILES string of the molecule is Cc1cccc(OCCN(C)CCC(=O)Nc2ccc(F)c(F)c2)c1. The number of ether oxygens (including phenoxy) is 1. The Bertz CT molecular complexity index is 722. The summed E-state index contributed by atoms with van der Waals surface area (Å²) >= 11 is 0. The van der Waals surface area contributed by atoms with Gasteiger partial charge in [0, 0.05) is 31.3 Å². The van der Waals surface area contributed by atoms with Crippen LogP contribution in [0.5, 0.6) is 5.75 Å². The highest BCUT2D eigenvalue weighted by molar-refractivity contribution is 5.90. The van der Waals surface area contributed by atoms with Crippen molar-refractivity contribution in [3.05, 3.63) is 59.7 Å². The van der Waals surface area contributed by atoms with Crippen LogP contribution in [0.2, 0.25) is 0 Å². The third-order valence-electron chi connectivity index (χ3n) is 3.66. The molecular formula is C19H22F2N2O2. The zero-order chi connectivity index (χ0) is 18.2. The van der Waals surface area contributed by atoms with Crippen LogP contribution in [0.1, 0.15) is 12.0 Å². The summed E-state index contributed by atoms with van der Waals surface area (Å²) in [5.74, 6) is -1.35. The Balaban J connectivity index is 1.67. The summed E-state index contributed by atoms with van der Waals surface area (Å²) in [6, 6.07) is 11.1. The molecule has 2 aromatic rings. The predicted molar refractivity (Wildman–Crippen MR) is 93.8 cm³/mol. The number of aryl methyl sites for hydroxylation is 1. The van der Waals surface area contributed by atoms with E-state index in [2.05, 4.69) is 5.32 Å². The van der Waals surface area contributed by atoms with E-state index in [4.69, 9.17) is 4.74 Å². The molecule has 134 valence electrons. The van der Waals surface area contributed by atoms with Crippen molar-refractivity contribution in [1.82, 2.24) is 4.90 Å². The second-order valence-corrected chi connectivity index (χ2v) is 5.90.